The number of anilines is 1. The van der Waals surface area contributed by atoms with E-state index < -0.39 is 0 Å². The molecule has 5 heteroatoms. The first kappa shape index (κ1) is 15.8. The number of nitrogens with zero attached hydrogens (tertiary/aromatic N) is 3. The largest absolute Gasteiger partial charge is 0.365 e. The molecule has 130 valence electrons. The highest BCUT2D eigenvalue weighted by molar-refractivity contribution is 6.28. The first-order valence-corrected chi connectivity index (χ1v) is 9.41. The van der Waals surface area contributed by atoms with E-state index in [-0.39, 0.29) is 5.28 Å². The van der Waals surface area contributed by atoms with Crippen LogP contribution in [0.25, 0.3) is 16.6 Å². The summed E-state index contributed by atoms with van der Waals surface area (Å²) < 4.78 is 0. The molecule has 0 spiro atoms. The van der Waals surface area contributed by atoms with E-state index in [2.05, 4.69) is 44.5 Å². The number of aryl methyl sites for hydroxylation is 1. The number of nitrogens with one attached hydrogen (secondary N) is 1. The molecule has 0 amide bonds. The summed E-state index contributed by atoms with van der Waals surface area (Å²) in [6, 6.07) is 11.0. The SMILES string of the molecule is Cc1ccnc2c(N[C@@H]3CCC4=C(C3)c3ccccc3C4)nc(Cl)nc12. The van der Waals surface area contributed by atoms with E-state index in [0.29, 0.717) is 6.04 Å². The second-order valence-corrected chi connectivity index (χ2v) is 7.50. The van der Waals surface area contributed by atoms with Crippen LogP contribution in [0.3, 0.4) is 0 Å². The van der Waals surface area contributed by atoms with Crippen molar-refractivity contribution in [2.75, 3.05) is 5.32 Å². The number of hydrogen-bond acceptors (Lipinski definition) is 4. The summed E-state index contributed by atoms with van der Waals surface area (Å²) in [7, 11) is 0. The lowest BCUT2D eigenvalue weighted by Crippen LogP contribution is -2.24. The minimum Gasteiger partial charge on any atom is -0.365 e. The first-order valence-electron chi connectivity index (χ1n) is 9.03. The minimum atomic E-state index is 0.262. The van der Waals surface area contributed by atoms with Crippen molar-refractivity contribution >= 4 is 34.0 Å². The number of pyridine rings is 1. The zero-order chi connectivity index (χ0) is 17.7. The van der Waals surface area contributed by atoms with Gasteiger partial charge in [-0.3, -0.25) is 4.98 Å². The molecule has 0 aliphatic heterocycles. The van der Waals surface area contributed by atoms with Gasteiger partial charge in [0.15, 0.2) is 5.82 Å². The van der Waals surface area contributed by atoms with E-state index in [9.17, 15) is 0 Å². The van der Waals surface area contributed by atoms with E-state index in [4.69, 9.17) is 11.6 Å². The molecule has 0 unspecified atom stereocenters. The molecule has 2 aliphatic rings. The number of benzene rings is 1. The van der Waals surface area contributed by atoms with Crippen LogP contribution in [-0.4, -0.2) is 21.0 Å². The molecule has 3 aromatic rings. The number of hydrogen-bond donors (Lipinski definition) is 1. The van der Waals surface area contributed by atoms with E-state index >= 15 is 0 Å². The summed E-state index contributed by atoms with van der Waals surface area (Å²) in [5, 5.41) is 3.87. The van der Waals surface area contributed by atoms with Crippen molar-refractivity contribution in [3.63, 3.8) is 0 Å². The molecular formula is C21H19ClN4. The topological polar surface area (TPSA) is 50.7 Å². The lowest BCUT2D eigenvalue weighted by Gasteiger charge is -2.26. The van der Waals surface area contributed by atoms with Crippen molar-refractivity contribution in [2.45, 2.75) is 38.6 Å². The molecule has 0 fully saturated rings. The van der Waals surface area contributed by atoms with Crippen molar-refractivity contribution in [3.05, 3.63) is 64.1 Å². The molecule has 2 aliphatic carbocycles. The maximum Gasteiger partial charge on any atom is 0.225 e. The van der Waals surface area contributed by atoms with Crippen molar-refractivity contribution in [1.82, 2.24) is 15.0 Å². The van der Waals surface area contributed by atoms with E-state index in [1.165, 1.54) is 16.7 Å². The Labute approximate surface area is 157 Å². The molecule has 2 aromatic heterocycles. The molecule has 5 rings (SSSR count). The third kappa shape index (κ3) is 2.56. The highest BCUT2D eigenvalue weighted by Gasteiger charge is 2.28. The van der Waals surface area contributed by atoms with Crippen LogP contribution in [0, 0.1) is 6.92 Å². The predicted molar refractivity (Wildman–Crippen MR) is 105 cm³/mol. The van der Waals surface area contributed by atoms with Gasteiger partial charge >= 0.3 is 0 Å². The van der Waals surface area contributed by atoms with Gasteiger partial charge in [-0.25, -0.2) is 4.98 Å². The van der Waals surface area contributed by atoms with Crippen molar-refractivity contribution < 1.29 is 0 Å². The summed E-state index contributed by atoms with van der Waals surface area (Å²) in [6.07, 6.45) is 6.16. The van der Waals surface area contributed by atoms with Crippen LogP contribution in [-0.2, 0) is 6.42 Å². The van der Waals surface area contributed by atoms with Gasteiger partial charge in [-0.1, -0.05) is 29.8 Å². The molecular weight excluding hydrogens is 344 g/mol. The second-order valence-electron chi connectivity index (χ2n) is 7.17. The molecule has 0 radical (unpaired) electrons. The van der Waals surface area contributed by atoms with Crippen molar-refractivity contribution in [1.29, 1.82) is 0 Å². The van der Waals surface area contributed by atoms with Gasteiger partial charge in [0.1, 0.15) is 5.52 Å². The molecule has 1 aromatic carbocycles. The zero-order valence-corrected chi connectivity index (χ0v) is 15.3. The third-order valence-corrected chi connectivity index (χ3v) is 5.69. The second kappa shape index (κ2) is 6.06. The lowest BCUT2D eigenvalue weighted by molar-refractivity contribution is 0.633. The molecule has 4 nitrogen and oxygen atoms in total. The first-order chi connectivity index (χ1) is 12.7. The Kier molecular flexibility index (Phi) is 3.68. The normalized spacial score (nSPS) is 18.8. The Morgan fingerprint density at radius 3 is 2.92 bits per heavy atom. The van der Waals surface area contributed by atoms with Crippen LogP contribution in [0.15, 0.2) is 42.1 Å². The Bertz CT molecular complexity index is 1060. The Morgan fingerprint density at radius 2 is 2.00 bits per heavy atom. The summed E-state index contributed by atoms with van der Waals surface area (Å²) >= 11 is 6.17. The van der Waals surface area contributed by atoms with Gasteiger partial charge in [0, 0.05) is 12.2 Å². The van der Waals surface area contributed by atoms with Gasteiger partial charge in [-0.2, -0.15) is 4.98 Å². The smallest absolute Gasteiger partial charge is 0.225 e. The highest BCUT2D eigenvalue weighted by Crippen LogP contribution is 2.42. The Hall–Kier alpha value is -2.46. The summed E-state index contributed by atoms with van der Waals surface area (Å²) in [5.41, 5.74) is 8.67. The van der Waals surface area contributed by atoms with Crippen molar-refractivity contribution in [3.8, 4) is 0 Å². The van der Waals surface area contributed by atoms with E-state index in [1.54, 1.807) is 11.8 Å². The third-order valence-electron chi connectivity index (χ3n) is 5.52. The zero-order valence-electron chi connectivity index (χ0n) is 14.6. The van der Waals surface area contributed by atoms with Crippen LogP contribution in [0.2, 0.25) is 5.28 Å². The average molecular weight is 363 g/mol. The van der Waals surface area contributed by atoms with Crippen LogP contribution in [0.5, 0.6) is 0 Å². The number of allylic oxidation sites excluding steroid dienone is 1. The van der Waals surface area contributed by atoms with Crippen molar-refractivity contribution in [2.24, 2.45) is 0 Å². The molecule has 0 bridgehead atoms. The summed E-state index contributed by atoms with van der Waals surface area (Å²) in [6.45, 7) is 2.02. The monoisotopic (exact) mass is 362 g/mol. The fourth-order valence-electron chi connectivity index (χ4n) is 4.23. The molecule has 26 heavy (non-hydrogen) atoms. The van der Waals surface area contributed by atoms with Gasteiger partial charge in [0.05, 0.1) is 5.52 Å². The molecule has 2 heterocycles. The van der Waals surface area contributed by atoms with E-state index in [0.717, 1.165) is 48.1 Å². The quantitative estimate of drug-likeness (QED) is 0.654. The molecule has 1 atom stereocenters. The maximum absolute atomic E-state index is 6.17. The van der Waals surface area contributed by atoms with Gasteiger partial charge in [-0.15, -0.1) is 0 Å². The predicted octanol–water partition coefficient (Wildman–Crippen LogP) is 4.96. The highest BCUT2D eigenvalue weighted by atomic mass is 35.5. The number of fused-ring (bicyclic) bond motifs is 3. The number of rotatable bonds is 2. The minimum absolute atomic E-state index is 0.262. The fraction of sp³-hybridized carbons (Fsp3) is 0.286. The summed E-state index contributed by atoms with van der Waals surface area (Å²) in [5.74, 6) is 0.740. The van der Waals surface area contributed by atoms with E-state index in [1.807, 2.05) is 13.0 Å². The molecule has 0 saturated heterocycles. The number of halogens is 1. The average Bonchev–Trinajstić information content (AvgIpc) is 3.01. The fourth-order valence-corrected chi connectivity index (χ4v) is 4.40. The summed E-state index contributed by atoms with van der Waals surface area (Å²) in [4.78, 5) is 13.3. The standard InChI is InChI=1S/C21H19ClN4/c1-12-8-9-23-19-18(12)25-21(22)26-20(19)24-15-7-6-14-10-13-4-2-3-5-16(13)17(14)11-15/h2-5,8-9,15H,6-7,10-11H2,1H3,(H,24,25,26)/t15-/m1/s1. The lowest BCUT2D eigenvalue weighted by atomic mass is 9.88. The number of aromatic nitrogens is 3. The molecule has 0 saturated carbocycles. The van der Waals surface area contributed by atoms with Gasteiger partial charge in [0.25, 0.3) is 0 Å². The maximum atomic E-state index is 6.17. The van der Waals surface area contributed by atoms with Gasteiger partial charge in [-0.05, 0) is 72.5 Å². The molecule has 1 N–H and O–H groups in total. The van der Waals surface area contributed by atoms with Gasteiger partial charge < -0.3 is 5.32 Å². The Morgan fingerprint density at radius 1 is 1.12 bits per heavy atom. The van der Waals surface area contributed by atoms with Gasteiger partial charge in [0.2, 0.25) is 5.28 Å². The van der Waals surface area contributed by atoms with Crippen LogP contribution < -0.4 is 5.32 Å². The van der Waals surface area contributed by atoms with Crippen LogP contribution in [0.4, 0.5) is 5.82 Å². The van der Waals surface area contributed by atoms with Crippen LogP contribution >= 0.6 is 11.6 Å². The Balaban J connectivity index is 1.47. The van der Waals surface area contributed by atoms with Crippen LogP contribution in [0.1, 0.15) is 36.0 Å².